The zero-order valence-electron chi connectivity index (χ0n) is 17.3. The van der Waals surface area contributed by atoms with Gasteiger partial charge in [-0.2, -0.15) is 0 Å². The van der Waals surface area contributed by atoms with E-state index in [0.717, 1.165) is 38.1 Å². The van der Waals surface area contributed by atoms with Crippen LogP contribution in [-0.4, -0.2) is 42.7 Å². The molecule has 2 aromatic rings. The maximum absolute atomic E-state index is 12.2. The Morgan fingerprint density at radius 1 is 1.32 bits per heavy atom. The molecular weight excluding hydrogens is 352 g/mol. The first-order valence-corrected chi connectivity index (χ1v) is 10.2. The largest absolute Gasteiger partial charge is 0.496 e. The fourth-order valence-electron chi connectivity index (χ4n) is 5.46. The van der Waals surface area contributed by atoms with Gasteiger partial charge < -0.3 is 14.0 Å². The van der Waals surface area contributed by atoms with E-state index >= 15 is 0 Å². The van der Waals surface area contributed by atoms with Crippen molar-refractivity contribution in [1.82, 2.24) is 9.47 Å². The second-order valence-electron chi connectivity index (χ2n) is 8.07. The highest BCUT2D eigenvalue weighted by Crippen LogP contribution is 2.47. The van der Waals surface area contributed by atoms with Crippen LogP contribution in [-0.2, 0) is 23.0 Å². The van der Waals surface area contributed by atoms with Crippen molar-refractivity contribution < 1.29 is 14.3 Å². The Kier molecular flexibility index (Phi) is 4.96. The summed E-state index contributed by atoms with van der Waals surface area (Å²) in [4.78, 5) is 14.8. The summed E-state index contributed by atoms with van der Waals surface area (Å²) in [5.74, 6) is 1.27. The van der Waals surface area contributed by atoms with Crippen molar-refractivity contribution in [1.29, 1.82) is 0 Å². The Morgan fingerprint density at radius 2 is 2.11 bits per heavy atom. The van der Waals surface area contributed by atoms with Crippen molar-refractivity contribution in [2.45, 2.75) is 32.2 Å². The first-order valence-electron chi connectivity index (χ1n) is 10.2. The van der Waals surface area contributed by atoms with Crippen LogP contribution in [0.3, 0.4) is 0 Å². The molecule has 5 heteroatoms. The Morgan fingerprint density at radius 3 is 2.79 bits per heavy atom. The van der Waals surface area contributed by atoms with Crippen LogP contribution in [0.1, 0.15) is 37.1 Å². The third kappa shape index (κ3) is 2.75. The minimum Gasteiger partial charge on any atom is -0.496 e. The van der Waals surface area contributed by atoms with Crippen molar-refractivity contribution >= 4 is 16.9 Å². The lowest BCUT2D eigenvalue weighted by Crippen LogP contribution is -2.47. The average molecular weight is 383 g/mol. The molecule has 0 radical (unpaired) electrons. The number of esters is 1. The molecule has 3 heterocycles. The summed E-state index contributed by atoms with van der Waals surface area (Å²) in [5.41, 5.74) is 4.60. The second kappa shape index (κ2) is 7.28. The normalized spacial score (nSPS) is 24.5. The van der Waals surface area contributed by atoms with Crippen LogP contribution in [0.2, 0.25) is 0 Å². The number of fused-ring (bicyclic) bond motifs is 5. The van der Waals surface area contributed by atoms with Crippen LogP contribution in [0.5, 0.6) is 5.75 Å². The van der Waals surface area contributed by atoms with Gasteiger partial charge in [0.2, 0.25) is 0 Å². The lowest BCUT2D eigenvalue weighted by Gasteiger charge is -2.47. The Hall–Kier alpha value is -2.27. The van der Waals surface area contributed by atoms with E-state index in [4.69, 9.17) is 9.47 Å². The van der Waals surface area contributed by atoms with E-state index in [1.165, 1.54) is 29.3 Å². The van der Waals surface area contributed by atoms with Crippen molar-refractivity contribution in [2.24, 2.45) is 18.9 Å². The second-order valence-corrected chi connectivity index (χ2v) is 8.07. The number of ether oxygens (including phenoxy) is 2. The van der Waals surface area contributed by atoms with E-state index in [1.54, 1.807) is 7.11 Å². The highest BCUT2D eigenvalue weighted by molar-refractivity contribution is 5.92. The predicted octanol–water partition coefficient (Wildman–Crippen LogP) is 3.86. The lowest BCUT2D eigenvalue weighted by molar-refractivity contribution is -0.137. The first-order chi connectivity index (χ1) is 13.5. The SMILES string of the molecule is C=C(C(=O)OC)[C@H]1C[C@H]2c3c(c4c(OC)cccc4n3C)CCN2C[C@H]1CC. The molecule has 0 saturated carbocycles. The summed E-state index contributed by atoms with van der Waals surface area (Å²) in [5, 5.41) is 1.24. The smallest absolute Gasteiger partial charge is 0.333 e. The van der Waals surface area contributed by atoms with E-state index in [0.29, 0.717) is 17.5 Å². The molecule has 0 spiro atoms. The van der Waals surface area contributed by atoms with Gasteiger partial charge in [-0.3, -0.25) is 4.90 Å². The van der Waals surface area contributed by atoms with E-state index in [9.17, 15) is 4.79 Å². The minimum absolute atomic E-state index is 0.157. The molecule has 5 nitrogen and oxygen atoms in total. The quantitative estimate of drug-likeness (QED) is 0.595. The minimum atomic E-state index is -0.272. The highest BCUT2D eigenvalue weighted by atomic mass is 16.5. The molecule has 0 amide bonds. The van der Waals surface area contributed by atoms with Gasteiger partial charge in [-0.05, 0) is 42.4 Å². The molecule has 2 aliphatic heterocycles. The number of hydrogen-bond donors (Lipinski definition) is 0. The molecule has 1 aromatic heterocycles. The number of carbonyl (C=O) groups excluding carboxylic acids is 1. The van der Waals surface area contributed by atoms with Crippen molar-refractivity contribution in [3.63, 3.8) is 0 Å². The Balaban J connectivity index is 1.79. The van der Waals surface area contributed by atoms with E-state index in [2.05, 4.69) is 42.2 Å². The topological polar surface area (TPSA) is 43.7 Å². The van der Waals surface area contributed by atoms with Crippen molar-refractivity contribution in [3.8, 4) is 5.75 Å². The molecule has 1 saturated heterocycles. The molecule has 1 fully saturated rings. The molecule has 0 bridgehead atoms. The molecule has 3 atom stereocenters. The maximum Gasteiger partial charge on any atom is 0.333 e. The lowest BCUT2D eigenvalue weighted by atomic mass is 9.74. The number of benzene rings is 1. The number of methoxy groups -OCH3 is 2. The van der Waals surface area contributed by atoms with Gasteiger partial charge >= 0.3 is 5.97 Å². The monoisotopic (exact) mass is 382 g/mol. The number of piperidine rings is 1. The molecule has 150 valence electrons. The molecule has 0 aliphatic carbocycles. The fourth-order valence-corrected chi connectivity index (χ4v) is 5.46. The Labute approximate surface area is 166 Å². The molecule has 0 N–H and O–H groups in total. The molecule has 2 aliphatic rings. The van der Waals surface area contributed by atoms with Crippen molar-refractivity contribution in [2.75, 3.05) is 27.3 Å². The number of nitrogens with zero attached hydrogens (tertiary/aromatic N) is 2. The number of carbonyl (C=O) groups is 1. The summed E-state index contributed by atoms with van der Waals surface area (Å²) in [6, 6.07) is 6.56. The van der Waals surface area contributed by atoms with Crippen LogP contribution in [0.25, 0.3) is 10.9 Å². The van der Waals surface area contributed by atoms with Crippen LogP contribution in [0.4, 0.5) is 0 Å². The molecule has 0 unspecified atom stereocenters. The molecule has 4 rings (SSSR count). The van der Waals surface area contributed by atoms with Gasteiger partial charge in [0.15, 0.2) is 0 Å². The summed E-state index contributed by atoms with van der Waals surface area (Å²) >= 11 is 0. The van der Waals surface area contributed by atoms with E-state index < -0.39 is 0 Å². The number of aromatic nitrogens is 1. The van der Waals surface area contributed by atoms with Gasteiger partial charge in [0.25, 0.3) is 0 Å². The Bertz CT molecular complexity index is 930. The zero-order valence-corrected chi connectivity index (χ0v) is 17.3. The number of hydrogen-bond acceptors (Lipinski definition) is 4. The van der Waals surface area contributed by atoms with Gasteiger partial charge in [-0.1, -0.05) is 26.0 Å². The molecular formula is C23H30N2O3. The van der Waals surface area contributed by atoms with Crippen LogP contribution >= 0.6 is 0 Å². The van der Waals surface area contributed by atoms with Crippen LogP contribution in [0.15, 0.2) is 30.4 Å². The maximum atomic E-state index is 12.2. The van der Waals surface area contributed by atoms with Gasteiger partial charge in [0.1, 0.15) is 5.75 Å². The third-order valence-corrected chi connectivity index (χ3v) is 6.90. The third-order valence-electron chi connectivity index (χ3n) is 6.90. The van der Waals surface area contributed by atoms with Gasteiger partial charge in [0, 0.05) is 36.8 Å². The van der Waals surface area contributed by atoms with Crippen LogP contribution < -0.4 is 4.74 Å². The number of rotatable bonds is 4. The first kappa shape index (κ1) is 19.1. The predicted molar refractivity (Wildman–Crippen MR) is 111 cm³/mol. The summed E-state index contributed by atoms with van der Waals surface area (Å²) < 4.78 is 13.0. The molecule has 28 heavy (non-hydrogen) atoms. The average Bonchev–Trinajstić information content (AvgIpc) is 3.04. The van der Waals surface area contributed by atoms with Crippen molar-refractivity contribution in [3.05, 3.63) is 41.6 Å². The van der Waals surface area contributed by atoms with E-state index in [1.807, 2.05) is 6.07 Å². The van der Waals surface area contributed by atoms with Crippen LogP contribution in [0, 0.1) is 11.8 Å². The van der Waals surface area contributed by atoms with Gasteiger partial charge in [-0.15, -0.1) is 0 Å². The van der Waals surface area contributed by atoms with Gasteiger partial charge in [0.05, 0.1) is 25.8 Å². The fraction of sp³-hybridized carbons (Fsp3) is 0.522. The molecule has 1 aromatic carbocycles. The summed E-state index contributed by atoms with van der Waals surface area (Å²) in [7, 11) is 5.34. The standard InChI is InChI=1S/C23H30N2O3/c1-6-15-13-25-11-10-16-21-18(8-7-9-20(21)27-4)24(3)22(16)19(25)12-17(15)14(2)23(26)28-5/h7-9,15,17,19H,2,6,10-13H2,1,3-5H3/t15-,17-,19+/m1/s1. The van der Waals surface area contributed by atoms with E-state index in [-0.39, 0.29) is 11.9 Å². The van der Waals surface area contributed by atoms with Gasteiger partial charge in [-0.25, -0.2) is 4.79 Å². The summed E-state index contributed by atoms with van der Waals surface area (Å²) in [6.07, 6.45) is 2.98. The summed E-state index contributed by atoms with van der Waals surface area (Å²) in [6.45, 7) is 8.37. The highest BCUT2D eigenvalue weighted by Gasteiger charge is 2.42. The zero-order chi connectivity index (χ0) is 20.0. The number of aryl methyl sites for hydroxylation is 1.